The number of aromatic nitrogens is 1. The number of fused-ring (bicyclic) bond motifs is 1. The molecule has 2 aromatic carbocycles. The molecule has 0 atom stereocenters. The lowest BCUT2D eigenvalue weighted by Crippen LogP contribution is -2.37. The largest absolute Gasteiger partial charge is 0.454 e. The molecule has 0 radical (unpaired) electrons. The Hall–Kier alpha value is -4.66. The van der Waals surface area contributed by atoms with Crippen LogP contribution in [0.25, 0.3) is 0 Å². The summed E-state index contributed by atoms with van der Waals surface area (Å²) in [6.45, 7) is 2.11. The van der Waals surface area contributed by atoms with Crippen molar-refractivity contribution in [3.63, 3.8) is 0 Å². The van der Waals surface area contributed by atoms with Crippen molar-refractivity contribution in [1.82, 2.24) is 10.3 Å². The van der Waals surface area contributed by atoms with Crippen LogP contribution in [-0.4, -0.2) is 41.8 Å². The first-order chi connectivity index (χ1) is 18.8. The van der Waals surface area contributed by atoms with Crippen LogP contribution >= 0.6 is 23.2 Å². The fraction of sp³-hybridized carbons (Fsp3) is 0.154. The van der Waals surface area contributed by atoms with Crippen molar-refractivity contribution in [3.05, 3.63) is 76.0 Å². The minimum Gasteiger partial charge on any atom is -0.454 e. The van der Waals surface area contributed by atoms with Crippen molar-refractivity contribution < 1.29 is 23.9 Å². The Morgan fingerprint density at radius 1 is 1.21 bits per heavy atom. The van der Waals surface area contributed by atoms with Crippen LogP contribution in [0.2, 0.25) is 10.0 Å². The second-order valence-electron chi connectivity index (χ2n) is 7.97. The van der Waals surface area contributed by atoms with Gasteiger partial charge in [0.15, 0.2) is 5.75 Å². The predicted octanol–water partition coefficient (Wildman–Crippen LogP) is 4.95. The van der Waals surface area contributed by atoms with Gasteiger partial charge < -0.3 is 14.4 Å². The van der Waals surface area contributed by atoms with Gasteiger partial charge in [-0.15, -0.1) is 0 Å². The smallest absolute Gasteiger partial charge is 0.414 e. The number of carbonyl (C=O) groups is 3. The molecule has 0 aliphatic carbocycles. The first-order valence-electron chi connectivity index (χ1n) is 11.5. The van der Waals surface area contributed by atoms with E-state index in [-0.39, 0.29) is 34.0 Å². The number of rotatable bonds is 7. The van der Waals surface area contributed by atoms with E-state index in [1.165, 1.54) is 12.1 Å². The number of hydrazone groups is 1. The number of ether oxygens (including phenoxy) is 2. The maximum atomic E-state index is 13.0. The number of hydrogen-bond donors (Lipinski definition) is 2. The summed E-state index contributed by atoms with van der Waals surface area (Å²) >= 11 is 12.8. The summed E-state index contributed by atoms with van der Waals surface area (Å²) in [5, 5.41) is 15.0. The predicted molar refractivity (Wildman–Crippen MR) is 144 cm³/mol. The highest BCUT2D eigenvalue weighted by Crippen LogP contribution is 2.39. The molecule has 2 N–H and O–H groups in total. The van der Waals surface area contributed by atoms with E-state index in [1.807, 2.05) is 11.4 Å². The molecule has 2 heterocycles. The maximum absolute atomic E-state index is 13.0. The van der Waals surface area contributed by atoms with E-state index >= 15 is 0 Å². The van der Waals surface area contributed by atoms with E-state index in [0.29, 0.717) is 24.3 Å². The summed E-state index contributed by atoms with van der Waals surface area (Å²) in [4.78, 5) is 42.1. The van der Waals surface area contributed by atoms with Crippen molar-refractivity contribution in [2.75, 3.05) is 23.5 Å². The number of nitriles is 1. The van der Waals surface area contributed by atoms with Gasteiger partial charge in [-0.2, -0.15) is 10.4 Å². The van der Waals surface area contributed by atoms with E-state index in [2.05, 4.69) is 20.2 Å². The fourth-order valence-corrected chi connectivity index (χ4v) is 4.26. The molecule has 0 spiro atoms. The minimum absolute atomic E-state index is 0.0518. The summed E-state index contributed by atoms with van der Waals surface area (Å²) < 4.78 is 10.5. The Morgan fingerprint density at radius 2 is 1.97 bits per heavy atom. The number of pyridine rings is 1. The van der Waals surface area contributed by atoms with Gasteiger partial charge >= 0.3 is 6.09 Å². The Labute approximate surface area is 232 Å². The van der Waals surface area contributed by atoms with Crippen molar-refractivity contribution in [2.45, 2.75) is 13.3 Å². The molecule has 4 rings (SSSR count). The molecule has 39 heavy (non-hydrogen) atoms. The van der Waals surface area contributed by atoms with Gasteiger partial charge in [0.2, 0.25) is 5.71 Å². The van der Waals surface area contributed by atoms with E-state index in [4.69, 9.17) is 27.9 Å². The molecule has 0 unspecified atom stereocenters. The Kier molecular flexibility index (Phi) is 8.60. The molecule has 0 fully saturated rings. The van der Waals surface area contributed by atoms with Crippen molar-refractivity contribution in [3.8, 4) is 17.6 Å². The average Bonchev–Trinajstić information content (AvgIpc) is 2.92. The van der Waals surface area contributed by atoms with Crippen molar-refractivity contribution in [1.29, 1.82) is 5.26 Å². The number of benzene rings is 2. The van der Waals surface area contributed by atoms with Crippen LogP contribution in [0.15, 0.2) is 60.0 Å². The standard InChI is InChI=1S/C26H20Cl2N6O5/c1-2-38-26(37)31-24(35)22(13-29)33-32-16-11-20(27)23(21(28)12-16)39-18-5-6-19-15(10-18)7-9-34(25(19)36)17-4-3-8-30-14-17/h3-6,8,10-12,14,32H,2,7,9H2,1H3,(H,31,35,37). The molecule has 0 bridgehead atoms. The van der Waals surface area contributed by atoms with Crippen LogP contribution in [0.4, 0.5) is 16.2 Å². The van der Waals surface area contributed by atoms with Crippen LogP contribution in [0.1, 0.15) is 22.8 Å². The zero-order valence-corrected chi connectivity index (χ0v) is 21.9. The lowest BCUT2D eigenvalue weighted by Gasteiger charge is -2.28. The van der Waals surface area contributed by atoms with E-state index < -0.39 is 17.7 Å². The number of alkyl carbamates (subject to hydrolysis) is 1. The highest BCUT2D eigenvalue weighted by atomic mass is 35.5. The van der Waals surface area contributed by atoms with Gasteiger partial charge in [-0.05, 0) is 61.4 Å². The van der Waals surface area contributed by atoms with Gasteiger partial charge in [0.05, 0.1) is 34.2 Å². The van der Waals surface area contributed by atoms with Crippen molar-refractivity contribution in [2.24, 2.45) is 5.10 Å². The monoisotopic (exact) mass is 566 g/mol. The molecular formula is C26H20Cl2N6O5. The zero-order chi connectivity index (χ0) is 27.9. The number of amides is 3. The third-order valence-electron chi connectivity index (χ3n) is 5.44. The Morgan fingerprint density at radius 3 is 2.64 bits per heavy atom. The number of nitrogens with zero attached hydrogens (tertiary/aromatic N) is 4. The molecule has 198 valence electrons. The van der Waals surface area contributed by atoms with Crippen LogP contribution in [-0.2, 0) is 16.0 Å². The van der Waals surface area contributed by atoms with E-state index in [0.717, 1.165) is 11.3 Å². The molecule has 13 heteroatoms. The SMILES string of the molecule is CCOC(=O)NC(=O)C(C#N)=NNc1cc(Cl)c(Oc2ccc3c(c2)CCN(c2cccnc2)C3=O)c(Cl)c1. The highest BCUT2D eigenvalue weighted by molar-refractivity contribution is 6.47. The summed E-state index contributed by atoms with van der Waals surface area (Å²) in [6.07, 6.45) is 2.90. The molecule has 1 aromatic heterocycles. The van der Waals surface area contributed by atoms with Gasteiger partial charge in [0.1, 0.15) is 11.8 Å². The number of imide groups is 1. The highest BCUT2D eigenvalue weighted by Gasteiger charge is 2.26. The Bertz CT molecular complexity index is 1480. The van der Waals surface area contributed by atoms with E-state index in [9.17, 15) is 19.6 Å². The maximum Gasteiger partial charge on any atom is 0.414 e. The molecule has 3 aromatic rings. The van der Waals surface area contributed by atoms with Crippen LogP contribution in [0, 0.1) is 11.3 Å². The van der Waals surface area contributed by atoms with Gasteiger partial charge in [-0.1, -0.05) is 23.2 Å². The number of halogens is 2. The Balaban J connectivity index is 1.47. The fourth-order valence-electron chi connectivity index (χ4n) is 3.69. The van der Waals surface area contributed by atoms with Gasteiger partial charge in [0, 0.05) is 18.3 Å². The van der Waals surface area contributed by atoms with Crippen molar-refractivity contribution >= 4 is 58.2 Å². The molecular weight excluding hydrogens is 547 g/mol. The van der Waals surface area contributed by atoms with Crippen LogP contribution in [0.5, 0.6) is 11.5 Å². The lowest BCUT2D eigenvalue weighted by molar-refractivity contribution is -0.114. The van der Waals surface area contributed by atoms with Gasteiger partial charge in [-0.25, -0.2) is 4.79 Å². The van der Waals surface area contributed by atoms with Gasteiger partial charge in [-0.3, -0.25) is 25.3 Å². The van der Waals surface area contributed by atoms with Crippen LogP contribution in [0.3, 0.4) is 0 Å². The molecule has 1 aliphatic rings. The molecule has 0 saturated heterocycles. The first kappa shape index (κ1) is 27.4. The molecule has 3 amide bonds. The van der Waals surface area contributed by atoms with Crippen LogP contribution < -0.4 is 20.4 Å². The number of carbonyl (C=O) groups excluding carboxylic acids is 3. The number of nitrogens with one attached hydrogen (secondary N) is 2. The second kappa shape index (κ2) is 12.3. The lowest BCUT2D eigenvalue weighted by atomic mass is 9.98. The quantitative estimate of drug-likeness (QED) is 0.301. The summed E-state index contributed by atoms with van der Waals surface area (Å²) in [6, 6.07) is 13.1. The molecule has 1 aliphatic heterocycles. The minimum atomic E-state index is -1.05. The molecule has 0 saturated carbocycles. The average molecular weight is 567 g/mol. The zero-order valence-electron chi connectivity index (χ0n) is 20.4. The van der Waals surface area contributed by atoms with Gasteiger partial charge in [0.25, 0.3) is 11.8 Å². The summed E-state index contributed by atoms with van der Waals surface area (Å²) in [7, 11) is 0. The second-order valence-corrected chi connectivity index (χ2v) is 8.78. The third-order valence-corrected chi connectivity index (χ3v) is 6.00. The number of hydrogen-bond acceptors (Lipinski definition) is 9. The summed E-state index contributed by atoms with van der Waals surface area (Å²) in [5.74, 6) is -0.584. The topological polar surface area (TPSA) is 146 Å². The van der Waals surface area contributed by atoms with E-state index in [1.54, 1.807) is 54.6 Å². The summed E-state index contributed by atoms with van der Waals surface area (Å²) in [5.41, 5.74) is 4.24. The first-order valence-corrected chi connectivity index (χ1v) is 12.3. The third kappa shape index (κ3) is 6.43. The number of anilines is 2. The molecule has 11 nitrogen and oxygen atoms in total. The normalized spacial score (nSPS) is 12.7.